The minimum atomic E-state index is -2.85. The van der Waals surface area contributed by atoms with Crippen LogP contribution in [0.25, 0.3) is 17.0 Å². The summed E-state index contributed by atoms with van der Waals surface area (Å²) in [6.45, 7) is -2.85. The maximum absolute atomic E-state index is 12.1. The minimum absolute atomic E-state index is 0.0744. The molecule has 2 aromatic heterocycles. The van der Waals surface area contributed by atoms with Crippen molar-refractivity contribution in [3.8, 4) is 17.1 Å². The van der Waals surface area contributed by atoms with E-state index in [1.807, 2.05) is 0 Å². The molecule has 0 aliphatic rings. The van der Waals surface area contributed by atoms with Crippen molar-refractivity contribution >= 4 is 17.2 Å². The van der Waals surface area contributed by atoms with Crippen LogP contribution in [0, 0.1) is 0 Å². The van der Waals surface area contributed by atoms with Gasteiger partial charge in [-0.1, -0.05) is 11.6 Å². The van der Waals surface area contributed by atoms with Crippen LogP contribution < -0.4 is 4.74 Å². The van der Waals surface area contributed by atoms with Gasteiger partial charge in [-0.2, -0.15) is 8.78 Å². The van der Waals surface area contributed by atoms with Gasteiger partial charge in [0.25, 0.3) is 0 Å². The van der Waals surface area contributed by atoms with E-state index in [9.17, 15) is 8.78 Å². The smallest absolute Gasteiger partial charge is 0.387 e. The van der Waals surface area contributed by atoms with Crippen molar-refractivity contribution in [3.63, 3.8) is 0 Å². The van der Waals surface area contributed by atoms with Crippen LogP contribution in [0.15, 0.2) is 36.7 Å². The van der Waals surface area contributed by atoms with Crippen LogP contribution in [0.4, 0.5) is 8.78 Å². The van der Waals surface area contributed by atoms with Crippen molar-refractivity contribution < 1.29 is 13.5 Å². The Morgan fingerprint density at radius 2 is 1.85 bits per heavy atom. The highest BCUT2D eigenvalue weighted by atomic mass is 35.5. The number of hydrogen-bond acceptors (Lipinski definition) is 4. The molecule has 20 heavy (non-hydrogen) atoms. The molecule has 3 aromatic rings. The number of hydrogen-bond donors (Lipinski definition) is 0. The normalized spacial score (nSPS) is 11.2. The number of alkyl halides is 2. The summed E-state index contributed by atoms with van der Waals surface area (Å²) in [5.41, 5.74) is 1.17. The first-order valence-electron chi connectivity index (χ1n) is 5.55. The van der Waals surface area contributed by atoms with Crippen LogP contribution in [0.3, 0.4) is 0 Å². The highest BCUT2D eigenvalue weighted by molar-refractivity contribution is 6.29. The Bertz CT molecular complexity index is 745. The van der Waals surface area contributed by atoms with Gasteiger partial charge in [0.1, 0.15) is 10.9 Å². The van der Waals surface area contributed by atoms with Crippen LogP contribution in [-0.4, -0.2) is 26.2 Å². The van der Waals surface area contributed by atoms with E-state index in [2.05, 4.69) is 19.9 Å². The summed E-state index contributed by atoms with van der Waals surface area (Å²) < 4.78 is 30.1. The molecule has 8 heteroatoms. The Kier molecular flexibility index (Phi) is 3.19. The summed E-state index contributed by atoms with van der Waals surface area (Å²) in [6.07, 6.45) is 2.99. The molecule has 1 aromatic carbocycles. The van der Waals surface area contributed by atoms with Gasteiger partial charge in [-0.25, -0.2) is 0 Å². The van der Waals surface area contributed by atoms with E-state index < -0.39 is 6.61 Å². The number of ether oxygens (including phenoxy) is 1. The summed E-state index contributed by atoms with van der Waals surface area (Å²) in [7, 11) is 0. The lowest BCUT2D eigenvalue weighted by molar-refractivity contribution is -0.0498. The van der Waals surface area contributed by atoms with Crippen molar-refractivity contribution in [3.05, 3.63) is 41.8 Å². The van der Waals surface area contributed by atoms with Crippen LogP contribution in [0.1, 0.15) is 0 Å². The maximum Gasteiger partial charge on any atom is 0.387 e. The second-order valence-electron chi connectivity index (χ2n) is 3.85. The average Bonchev–Trinajstić information content (AvgIpc) is 2.84. The molecule has 3 rings (SSSR count). The van der Waals surface area contributed by atoms with Gasteiger partial charge in [-0.05, 0) is 24.3 Å². The number of nitrogens with zero attached hydrogens (tertiary/aromatic N) is 4. The van der Waals surface area contributed by atoms with Gasteiger partial charge in [0.05, 0.1) is 12.4 Å². The molecular weight excluding hydrogens is 290 g/mol. The van der Waals surface area contributed by atoms with Gasteiger partial charge < -0.3 is 4.74 Å². The molecule has 0 bridgehead atoms. The standard InChI is InChI=1S/C12H7ClF2N4O/c13-9-5-16-6-10-17-18-11(19(9)10)7-1-3-8(4-2-7)20-12(14)15/h1-6,12H. The SMILES string of the molecule is FC(F)Oc1ccc(-c2nnc3cncc(Cl)n23)cc1. The van der Waals surface area contributed by atoms with E-state index in [0.29, 0.717) is 22.2 Å². The Balaban J connectivity index is 2.03. The quantitative estimate of drug-likeness (QED) is 0.745. The summed E-state index contributed by atoms with van der Waals surface area (Å²) >= 11 is 6.05. The zero-order valence-electron chi connectivity index (χ0n) is 9.87. The first-order valence-corrected chi connectivity index (χ1v) is 5.93. The Hall–Kier alpha value is -2.28. The Morgan fingerprint density at radius 3 is 2.55 bits per heavy atom. The number of aromatic nitrogens is 4. The monoisotopic (exact) mass is 296 g/mol. The van der Waals surface area contributed by atoms with Gasteiger partial charge in [-0.3, -0.25) is 9.38 Å². The first kappa shape index (κ1) is 12.7. The van der Waals surface area contributed by atoms with Crippen molar-refractivity contribution in [2.24, 2.45) is 0 Å². The Morgan fingerprint density at radius 1 is 1.10 bits per heavy atom. The fraction of sp³-hybridized carbons (Fsp3) is 0.0833. The zero-order valence-corrected chi connectivity index (χ0v) is 10.6. The lowest BCUT2D eigenvalue weighted by atomic mass is 10.2. The molecule has 0 N–H and O–H groups in total. The predicted molar refractivity (Wildman–Crippen MR) is 67.9 cm³/mol. The third-order valence-electron chi connectivity index (χ3n) is 2.61. The zero-order chi connectivity index (χ0) is 14.1. The molecule has 2 heterocycles. The van der Waals surface area contributed by atoms with Gasteiger partial charge in [0.15, 0.2) is 11.5 Å². The molecule has 0 aliphatic carbocycles. The molecule has 0 saturated heterocycles. The Labute approximate surface area is 116 Å². The number of fused-ring (bicyclic) bond motifs is 1. The molecule has 0 atom stereocenters. The molecule has 102 valence electrons. The van der Waals surface area contributed by atoms with Crippen molar-refractivity contribution in [1.29, 1.82) is 0 Å². The molecule has 5 nitrogen and oxygen atoms in total. The predicted octanol–water partition coefficient (Wildman–Crippen LogP) is 3.05. The van der Waals surface area contributed by atoms with Crippen LogP contribution in [0.2, 0.25) is 5.15 Å². The van der Waals surface area contributed by atoms with E-state index in [4.69, 9.17) is 11.6 Å². The van der Waals surface area contributed by atoms with Gasteiger partial charge >= 0.3 is 6.61 Å². The maximum atomic E-state index is 12.1. The second kappa shape index (κ2) is 5.01. The molecule has 0 aliphatic heterocycles. The molecule has 0 fully saturated rings. The summed E-state index contributed by atoms with van der Waals surface area (Å²) in [4.78, 5) is 3.91. The van der Waals surface area contributed by atoms with Gasteiger partial charge in [0, 0.05) is 5.56 Å². The summed E-state index contributed by atoms with van der Waals surface area (Å²) in [5.74, 6) is 0.571. The number of rotatable bonds is 3. The van der Waals surface area contributed by atoms with E-state index >= 15 is 0 Å². The topological polar surface area (TPSA) is 52.3 Å². The largest absolute Gasteiger partial charge is 0.435 e. The average molecular weight is 297 g/mol. The highest BCUT2D eigenvalue weighted by Gasteiger charge is 2.11. The van der Waals surface area contributed by atoms with Crippen LogP contribution >= 0.6 is 11.6 Å². The molecule has 0 saturated carbocycles. The van der Waals surface area contributed by atoms with Crippen LogP contribution in [-0.2, 0) is 0 Å². The second-order valence-corrected chi connectivity index (χ2v) is 4.24. The van der Waals surface area contributed by atoms with E-state index in [1.54, 1.807) is 16.5 Å². The lowest BCUT2D eigenvalue weighted by Crippen LogP contribution is -2.01. The number of benzene rings is 1. The van der Waals surface area contributed by atoms with Crippen molar-refractivity contribution in [2.45, 2.75) is 6.61 Å². The fourth-order valence-electron chi connectivity index (χ4n) is 1.79. The molecule has 0 unspecified atom stereocenters. The highest BCUT2D eigenvalue weighted by Crippen LogP contribution is 2.24. The molecule has 0 amide bonds. The first-order chi connectivity index (χ1) is 9.65. The van der Waals surface area contributed by atoms with Crippen molar-refractivity contribution in [1.82, 2.24) is 19.6 Å². The van der Waals surface area contributed by atoms with Crippen molar-refractivity contribution in [2.75, 3.05) is 0 Å². The third-order valence-corrected chi connectivity index (χ3v) is 2.88. The summed E-state index contributed by atoms with van der Waals surface area (Å²) in [6, 6.07) is 6.06. The molecule has 0 spiro atoms. The third kappa shape index (κ3) is 2.27. The molecular formula is C12H7ClF2N4O. The van der Waals surface area contributed by atoms with E-state index in [0.717, 1.165) is 0 Å². The van der Waals surface area contributed by atoms with Crippen LogP contribution in [0.5, 0.6) is 5.75 Å². The lowest BCUT2D eigenvalue weighted by Gasteiger charge is -2.05. The van der Waals surface area contributed by atoms with E-state index in [-0.39, 0.29) is 5.75 Å². The van der Waals surface area contributed by atoms with E-state index in [1.165, 1.54) is 24.5 Å². The minimum Gasteiger partial charge on any atom is -0.435 e. The van der Waals surface area contributed by atoms with Gasteiger partial charge in [-0.15, -0.1) is 10.2 Å². The fourth-order valence-corrected chi connectivity index (χ4v) is 2.01. The van der Waals surface area contributed by atoms with Gasteiger partial charge in [0.2, 0.25) is 0 Å². The summed E-state index contributed by atoms with van der Waals surface area (Å²) in [5, 5.41) is 8.31. The number of halogens is 3. The molecule has 0 radical (unpaired) electrons.